The van der Waals surface area contributed by atoms with E-state index in [2.05, 4.69) is 68.5 Å². The van der Waals surface area contributed by atoms with Crippen LogP contribution in [0.3, 0.4) is 0 Å². The van der Waals surface area contributed by atoms with E-state index in [9.17, 15) is 4.79 Å². The molecule has 188 valence electrons. The van der Waals surface area contributed by atoms with Gasteiger partial charge in [0.25, 0.3) is 0 Å². The number of nitrogens with zero attached hydrogens (tertiary/aromatic N) is 3. The van der Waals surface area contributed by atoms with Crippen LogP contribution in [0.25, 0.3) is 0 Å². The fraction of sp³-hybridized carbons (Fsp3) is 0.250. The van der Waals surface area contributed by atoms with Gasteiger partial charge >= 0.3 is 0 Å². The number of H-pyrrole nitrogens is 1. The van der Waals surface area contributed by atoms with E-state index in [1.54, 1.807) is 42.0 Å². The normalized spacial score (nSPS) is 17.6. The van der Waals surface area contributed by atoms with Gasteiger partial charge in [0, 0.05) is 62.5 Å². The van der Waals surface area contributed by atoms with Crippen molar-refractivity contribution in [1.82, 2.24) is 15.0 Å². The molecule has 0 bridgehead atoms. The molecule has 0 radical (unpaired) electrons. The lowest BCUT2D eigenvalue weighted by molar-refractivity contribution is 0.0379. The van der Waals surface area contributed by atoms with Crippen molar-refractivity contribution in [3.63, 3.8) is 0 Å². The summed E-state index contributed by atoms with van der Waals surface area (Å²) < 4.78 is 6.24. The van der Waals surface area contributed by atoms with Crippen LogP contribution in [-0.4, -0.2) is 34.6 Å². The van der Waals surface area contributed by atoms with Gasteiger partial charge in [-0.3, -0.25) is 4.79 Å². The molecule has 2 N–H and O–H groups in total. The van der Waals surface area contributed by atoms with Crippen molar-refractivity contribution in [2.75, 3.05) is 29.9 Å². The van der Waals surface area contributed by atoms with E-state index in [1.807, 2.05) is 19.1 Å². The van der Waals surface area contributed by atoms with E-state index in [4.69, 9.17) is 4.74 Å². The highest BCUT2D eigenvalue weighted by Crippen LogP contribution is 2.52. The van der Waals surface area contributed by atoms with Crippen molar-refractivity contribution in [3.05, 3.63) is 94.4 Å². The van der Waals surface area contributed by atoms with Crippen LogP contribution in [0.15, 0.2) is 91.4 Å². The third-order valence-corrected chi connectivity index (χ3v) is 9.16. The summed E-state index contributed by atoms with van der Waals surface area (Å²) in [5.74, 6) is 0.776. The molecule has 2 aromatic heterocycles. The van der Waals surface area contributed by atoms with Crippen molar-refractivity contribution < 1.29 is 4.74 Å². The van der Waals surface area contributed by atoms with Crippen LogP contribution in [0.1, 0.15) is 36.2 Å². The van der Waals surface area contributed by atoms with Crippen LogP contribution in [0, 0.1) is 6.92 Å². The van der Waals surface area contributed by atoms with Gasteiger partial charge in [0.1, 0.15) is 11.9 Å². The quantitative estimate of drug-likeness (QED) is 0.294. The molecule has 4 aromatic rings. The van der Waals surface area contributed by atoms with Gasteiger partial charge in [-0.1, -0.05) is 35.7 Å². The standard InChI is InChI=1S/C28H27N5O2S2/c1-17(22-9-11-29-18(2)32-22)31-19-6-7-24-26(14-19)36-25-5-3-4-21(28(25)37-24)23-16-33(12-13-35-23)20-8-10-30-27(34)15-20/h3-11,14-15,17,23,31H,12-13,16H2,1-2H3,(H,30,34). The molecule has 2 atom stereocenters. The summed E-state index contributed by atoms with van der Waals surface area (Å²) >= 11 is 3.60. The van der Waals surface area contributed by atoms with E-state index in [-0.39, 0.29) is 17.7 Å². The molecule has 2 unspecified atom stereocenters. The predicted molar refractivity (Wildman–Crippen MR) is 148 cm³/mol. The summed E-state index contributed by atoms with van der Waals surface area (Å²) in [7, 11) is 0. The fourth-order valence-electron chi connectivity index (χ4n) is 4.71. The Morgan fingerprint density at radius 2 is 2.03 bits per heavy atom. The lowest BCUT2D eigenvalue weighted by atomic mass is 10.1. The van der Waals surface area contributed by atoms with Crippen molar-refractivity contribution in [1.29, 1.82) is 0 Å². The second-order valence-corrected chi connectivity index (χ2v) is 11.3. The molecule has 0 saturated carbocycles. The molecular formula is C28H27N5O2S2. The van der Waals surface area contributed by atoms with Gasteiger partial charge in [-0.2, -0.15) is 0 Å². The highest BCUT2D eigenvalue weighted by Gasteiger charge is 2.28. The summed E-state index contributed by atoms with van der Waals surface area (Å²) in [5, 5.41) is 3.58. The molecule has 7 nitrogen and oxygen atoms in total. The Bertz CT molecular complexity index is 1510. The van der Waals surface area contributed by atoms with E-state index >= 15 is 0 Å². The van der Waals surface area contributed by atoms with Crippen molar-refractivity contribution in [2.45, 2.75) is 45.6 Å². The summed E-state index contributed by atoms with van der Waals surface area (Å²) in [6.07, 6.45) is 3.45. The van der Waals surface area contributed by atoms with Crippen molar-refractivity contribution in [2.24, 2.45) is 0 Å². The number of nitrogens with one attached hydrogen (secondary N) is 2. The number of rotatable bonds is 5. The van der Waals surface area contributed by atoms with Gasteiger partial charge in [0.15, 0.2) is 0 Å². The number of morpholine rings is 1. The maximum atomic E-state index is 11.8. The number of pyridine rings is 1. The molecule has 6 rings (SSSR count). The molecular weight excluding hydrogens is 502 g/mol. The van der Waals surface area contributed by atoms with Crippen molar-refractivity contribution >= 4 is 34.9 Å². The molecule has 0 amide bonds. The summed E-state index contributed by atoms with van der Waals surface area (Å²) in [6.45, 7) is 6.12. The molecule has 2 aliphatic rings. The summed E-state index contributed by atoms with van der Waals surface area (Å²) in [5.41, 5.74) is 4.09. The zero-order valence-electron chi connectivity index (χ0n) is 20.6. The lowest BCUT2D eigenvalue weighted by Gasteiger charge is -2.36. The molecule has 0 aliphatic carbocycles. The van der Waals surface area contributed by atoms with E-state index in [0.29, 0.717) is 13.2 Å². The van der Waals surface area contributed by atoms with Gasteiger partial charge in [-0.05, 0) is 55.8 Å². The highest BCUT2D eigenvalue weighted by atomic mass is 32.2. The van der Waals surface area contributed by atoms with Crippen LogP contribution in [0.2, 0.25) is 0 Å². The monoisotopic (exact) mass is 529 g/mol. The third-order valence-electron chi connectivity index (χ3n) is 6.55. The number of ether oxygens (including phenoxy) is 1. The molecule has 2 aliphatic heterocycles. The number of hydrogen-bond donors (Lipinski definition) is 2. The Labute approximate surface area is 224 Å². The number of aromatic amines is 1. The lowest BCUT2D eigenvalue weighted by Crippen LogP contribution is -2.39. The topological polar surface area (TPSA) is 83.1 Å². The van der Waals surface area contributed by atoms with E-state index in [1.165, 1.54) is 25.1 Å². The maximum Gasteiger partial charge on any atom is 0.249 e. The zero-order chi connectivity index (χ0) is 25.4. The highest BCUT2D eigenvalue weighted by molar-refractivity contribution is 8.05. The molecule has 37 heavy (non-hydrogen) atoms. The van der Waals surface area contributed by atoms with E-state index < -0.39 is 0 Å². The molecule has 0 spiro atoms. The Morgan fingerprint density at radius 1 is 1.11 bits per heavy atom. The second-order valence-electron chi connectivity index (χ2n) is 9.15. The first-order valence-corrected chi connectivity index (χ1v) is 13.9. The number of aromatic nitrogens is 3. The number of fused-ring (bicyclic) bond motifs is 2. The first kappa shape index (κ1) is 24.1. The summed E-state index contributed by atoms with van der Waals surface area (Å²) in [6, 6.07) is 18.7. The third kappa shape index (κ3) is 5.12. The van der Waals surface area contributed by atoms with Crippen LogP contribution in [0.5, 0.6) is 0 Å². The molecule has 1 saturated heterocycles. The minimum atomic E-state index is -0.0865. The Kier molecular flexibility index (Phi) is 6.67. The number of benzene rings is 2. The van der Waals surface area contributed by atoms with Crippen LogP contribution in [-0.2, 0) is 4.74 Å². The second kappa shape index (κ2) is 10.2. The Hall–Kier alpha value is -3.27. The minimum absolute atomic E-state index is 0.0595. The van der Waals surface area contributed by atoms with Gasteiger partial charge in [-0.25, -0.2) is 9.97 Å². The predicted octanol–water partition coefficient (Wildman–Crippen LogP) is 5.84. The Morgan fingerprint density at radius 3 is 2.89 bits per heavy atom. The summed E-state index contributed by atoms with van der Waals surface area (Å²) in [4.78, 5) is 30.5. The molecule has 2 aromatic carbocycles. The minimum Gasteiger partial charge on any atom is -0.377 e. The van der Waals surface area contributed by atoms with E-state index in [0.717, 1.165) is 29.4 Å². The van der Waals surface area contributed by atoms with Crippen LogP contribution in [0.4, 0.5) is 11.4 Å². The average molecular weight is 530 g/mol. The molecule has 1 fully saturated rings. The van der Waals surface area contributed by atoms with Crippen LogP contribution < -0.4 is 15.8 Å². The molecule has 4 heterocycles. The fourth-order valence-corrected chi connectivity index (χ4v) is 7.16. The Balaban J connectivity index is 1.22. The van der Waals surface area contributed by atoms with Gasteiger partial charge in [-0.15, -0.1) is 0 Å². The molecule has 9 heteroatoms. The number of hydrogen-bond acceptors (Lipinski definition) is 8. The zero-order valence-corrected chi connectivity index (χ0v) is 22.2. The largest absolute Gasteiger partial charge is 0.377 e. The van der Waals surface area contributed by atoms with Gasteiger partial charge in [0.05, 0.1) is 18.3 Å². The smallest absolute Gasteiger partial charge is 0.249 e. The first-order chi connectivity index (χ1) is 18.0. The average Bonchev–Trinajstić information content (AvgIpc) is 2.91. The van der Waals surface area contributed by atoms with Crippen molar-refractivity contribution in [3.8, 4) is 0 Å². The van der Waals surface area contributed by atoms with Crippen LogP contribution >= 0.6 is 23.5 Å². The number of aryl methyl sites for hydroxylation is 1. The van der Waals surface area contributed by atoms with Gasteiger partial charge in [0.2, 0.25) is 5.56 Å². The number of anilines is 2. The SMILES string of the molecule is Cc1nccc(C(C)Nc2ccc3c(c2)Sc2cccc(C4CN(c5cc[nH]c(=O)c5)CCO4)c2S3)n1. The maximum absolute atomic E-state index is 11.8. The van der Waals surface area contributed by atoms with Gasteiger partial charge < -0.3 is 19.9 Å². The first-order valence-electron chi connectivity index (χ1n) is 12.3.